The van der Waals surface area contributed by atoms with E-state index in [1.165, 1.54) is 11.1 Å². The third kappa shape index (κ3) is 4.16. The van der Waals surface area contributed by atoms with E-state index in [1.54, 1.807) is 0 Å². The summed E-state index contributed by atoms with van der Waals surface area (Å²) in [5.74, 6) is 0.470. The zero-order valence-electron chi connectivity index (χ0n) is 15.5. The van der Waals surface area contributed by atoms with Gasteiger partial charge in [-0.3, -0.25) is 9.59 Å². The summed E-state index contributed by atoms with van der Waals surface area (Å²) in [6.45, 7) is 11.9. The molecule has 0 bridgehead atoms. The van der Waals surface area contributed by atoms with Gasteiger partial charge in [-0.2, -0.15) is 0 Å². The first kappa shape index (κ1) is 18.5. The Hall–Kier alpha value is -1.84. The van der Waals surface area contributed by atoms with Gasteiger partial charge in [-0.15, -0.1) is 0 Å². The van der Waals surface area contributed by atoms with E-state index in [9.17, 15) is 9.59 Å². The van der Waals surface area contributed by atoms with Crippen LogP contribution in [0.3, 0.4) is 0 Å². The second-order valence-electron chi connectivity index (χ2n) is 7.61. The van der Waals surface area contributed by atoms with Crippen LogP contribution in [-0.2, 0) is 9.59 Å². The molecule has 0 unspecified atom stereocenters. The normalized spacial score (nSPS) is 20.7. The molecule has 0 spiro atoms. The minimum atomic E-state index is -0.174. The molecule has 4 heteroatoms. The average molecular weight is 330 g/mol. The van der Waals surface area contributed by atoms with Crippen LogP contribution in [0, 0.1) is 24.7 Å². The average Bonchev–Trinajstić information content (AvgIpc) is 2.97. The van der Waals surface area contributed by atoms with Crippen molar-refractivity contribution < 1.29 is 9.59 Å². The molecular weight excluding hydrogens is 300 g/mol. The van der Waals surface area contributed by atoms with Gasteiger partial charge in [0.1, 0.15) is 0 Å². The fourth-order valence-electron chi connectivity index (χ4n) is 3.37. The molecule has 1 N–H and O–H groups in total. The lowest BCUT2D eigenvalue weighted by atomic mass is 9.86. The molecule has 4 nitrogen and oxygen atoms in total. The third-order valence-electron chi connectivity index (χ3n) is 4.73. The number of hydrogen-bond acceptors (Lipinski definition) is 2. The molecule has 0 saturated carbocycles. The van der Waals surface area contributed by atoms with Gasteiger partial charge in [-0.05, 0) is 24.0 Å². The first-order chi connectivity index (χ1) is 11.3. The standard InChI is InChI=1S/C20H30N2O2/c1-13(2)10-21-19(23)18-12-22(20(24)14(3)4)11-17(18)16-9-7-6-8-15(16)5/h6-9,13-14,17-18H,10-12H2,1-5H3,(H,21,23)/t17-,18-/m1/s1. The molecule has 2 rings (SSSR count). The van der Waals surface area contributed by atoms with Crippen molar-refractivity contribution in [2.45, 2.75) is 40.5 Å². The number of amides is 2. The Morgan fingerprint density at radius 3 is 2.42 bits per heavy atom. The van der Waals surface area contributed by atoms with E-state index in [-0.39, 0.29) is 29.6 Å². The van der Waals surface area contributed by atoms with Gasteiger partial charge >= 0.3 is 0 Å². The van der Waals surface area contributed by atoms with Crippen LogP contribution in [-0.4, -0.2) is 36.3 Å². The van der Waals surface area contributed by atoms with E-state index < -0.39 is 0 Å². The molecule has 132 valence electrons. The first-order valence-corrected chi connectivity index (χ1v) is 8.93. The molecule has 24 heavy (non-hydrogen) atoms. The van der Waals surface area contributed by atoms with Crippen LogP contribution >= 0.6 is 0 Å². The van der Waals surface area contributed by atoms with Crippen molar-refractivity contribution in [2.75, 3.05) is 19.6 Å². The first-order valence-electron chi connectivity index (χ1n) is 8.93. The van der Waals surface area contributed by atoms with Gasteiger partial charge in [0.05, 0.1) is 5.92 Å². The smallest absolute Gasteiger partial charge is 0.225 e. The summed E-state index contributed by atoms with van der Waals surface area (Å²) in [6.07, 6.45) is 0. The van der Waals surface area contributed by atoms with Gasteiger partial charge < -0.3 is 10.2 Å². The summed E-state index contributed by atoms with van der Waals surface area (Å²) in [5.41, 5.74) is 2.37. The molecule has 0 aromatic heterocycles. The van der Waals surface area contributed by atoms with Crippen molar-refractivity contribution >= 4 is 11.8 Å². The summed E-state index contributed by atoms with van der Waals surface area (Å²) in [4.78, 5) is 27.0. The van der Waals surface area contributed by atoms with E-state index in [2.05, 4.69) is 38.2 Å². The number of likely N-dealkylation sites (tertiary alicyclic amines) is 1. The number of rotatable bonds is 5. The van der Waals surface area contributed by atoms with E-state index >= 15 is 0 Å². The molecule has 2 amide bonds. The number of carbonyl (C=O) groups is 2. The van der Waals surface area contributed by atoms with Gasteiger partial charge in [0.15, 0.2) is 0 Å². The van der Waals surface area contributed by atoms with E-state index in [4.69, 9.17) is 0 Å². The molecule has 2 atom stereocenters. The third-order valence-corrected chi connectivity index (χ3v) is 4.73. The Balaban J connectivity index is 2.24. The Morgan fingerprint density at radius 1 is 1.17 bits per heavy atom. The van der Waals surface area contributed by atoms with Crippen LogP contribution < -0.4 is 5.32 Å². The Kier molecular flexibility index (Phi) is 6.03. The van der Waals surface area contributed by atoms with Crippen LogP contribution in [0.15, 0.2) is 24.3 Å². The predicted molar refractivity (Wildman–Crippen MR) is 96.7 cm³/mol. The molecule has 1 heterocycles. The quantitative estimate of drug-likeness (QED) is 0.902. The molecule has 1 aromatic carbocycles. The number of nitrogens with zero attached hydrogens (tertiary/aromatic N) is 1. The van der Waals surface area contributed by atoms with Crippen molar-refractivity contribution in [1.82, 2.24) is 10.2 Å². The van der Waals surface area contributed by atoms with Gasteiger partial charge in [0.2, 0.25) is 11.8 Å². The minimum absolute atomic E-state index is 0.0417. The summed E-state index contributed by atoms with van der Waals surface area (Å²) >= 11 is 0. The maximum Gasteiger partial charge on any atom is 0.225 e. The van der Waals surface area contributed by atoms with Gasteiger partial charge in [0, 0.05) is 31.5 Å². The highest BCUT2D eigenvalue weighted by atomic mass is 16.2. The van der Waals surface area contributed by atoms with Gasteiger partial charge in [-0.25, -0.2) is 0 Å². The van der Waals surface area contributed by atoms with Crippen LogP contribution in [0.5, 0.6) is 0 Å². The van der Waals surface area contributed by atoms with E-state index in [0.29, 0.717) is 25.6 Å². The molecule has 0 radical (unpaired) electrons. The molecular formula is C20H30N2O2. The summed E-state index contributed by atoms with van der Waals surface area (Å²) < 4.78 is 0. The van der Waals surface area contributed by atoms with Gasteiger partial charge in [0.25, 0.3) is 0 Å². The zero-order valence-corrected chi connectivity index (χ0v) is 15.5. The number of hydrogen-bond donors (Lipinski definition) is 1. The largest absolute Gasteiger partial charge is 0.356 e. The van der Waals surface area contributed by atoms with Crippen LogP contribution in [0.1, 0.15) is 44.7 Å². The number of carbonyl (C=O) groups excluding carboxylic acids is 2. The molecule has 0 aliphatic carbocycles. The summed E-state index contributed by atoms with van der Waals surface area (Å²) in [7, 11) is 0. The molecule has 1 aliphatic rings. The van der Waals surface area contributed by atoms with Crippen molar-refractivity contribution in [3.63, 3.8) is 0 Å². The van der Waals surface area contributed by atoms with Gasteiger partial charge in [-0.1, -0.05) is 52.0 Å². The van der Waals surface area contributed by atoms with Crippen LogP contribution in [0.4, 0.5) is 0 Å². The molecule has 1 aliphatic heterocycles. The lowest BCUT2D eigenvalue weighted by Crippen LogP contribution is -2.37. The molecule has 1 saturated heterocycles. The molecule has 1 fully saturated rings. The highest BCUT2D eigenvalue weighted by molar-refractivity contribution is 5.84. The monoisotopic (exact) mass is 330 g/mol. The second kappa shape index (κ2) is 7.82. The number of aryl methyl sites for hydroxylation is 1. The highest BCUT2D eigenvalue weighted by Crippen LogP contribution is 2.35. The maximum atomic E-state index is 12.7. The number of nitrogens with one attached hydrogen (secondary N) is 1. The topological polar surface area (TPSA) is 49.4 Å². The number of benzene rings is 1. The second-order valence-corrected chi connectivity index (χ2v) is 7.61. The fraction of sp³-hybridized carbons (Fsp3) is 0.600. The van der Waals surface area contributed by atoms with E-state index in [0.717, 1.165) is 0 Å². The Labute approximate surface area is 145 Å². The van der Waals surface area contributed by atoms with Crippen LogP contribution in [0.25, 0.3) is 0 Å². The summed E-state index contributed by atoms with van der Waals surface area (Å²) in [6, 6.07) is 8.19. The SMILES string of the molecule is Cc1ccccc1[C@H]1CN(C(=O)C(C)C)C[C@H]1C(=O)NCC(C)C. The van der Waals surface area contributed by atoms with Crippen LogP contribution in [0.2, 0.25) is 0 Å². The van der Waals surface area contributed by atoms with Crippen molar-refractivity contribution in [2.24, 2.45) is 17.8 Å². The predicted octanol–water partition coefficient (Wildman–Crippen LogP) is 2.97. The lowest BCUT2D eigenvalue weighted by Gasteiger charge is -2.20. The zero-order chi connectivity index (χ0) is 17.9. The summed E-state index contributed by atoms with van der Waals surface area (Å²) in [5, 5.41) is 3.06. The van der Waals surface area contributed by atoms with Crippen molar-refractivity contribution in [3.8, 4) is 0 Å². The highest BCUT2D eigenvalue weighted by Gasteiger charge is 2.41. The maximum absolute atomic E-state index is 12.7. The van der Waals surface area contributed by atoms with Crippen molar-refractivity contribution in [1.29, 1.82) is 0 Å². The molecule has 1 aromatic rings. The fourth-order valence-corrected chi connectivity index (χ4v) is 3.37. The lowest BCUT2D eigenvalue weighted by molar-refractivity contribution is -0.133. The minimum Gasteiger partial charge on any atom is -0.356 e. The Bertz CT molecular complexity index is 595. The Morgan fingerprint density at radius 2 is 1.83 bits per heavy atom. The van der Waals surface area contributed by atoms with E-state index in [1.807, 2.05) is 30.9 Å². The van der Waals surface area contributed by atoms with Crippen molar-refractivity contribution in [3.05, 3.63) is 35.4 Å².